The predicted molar refractivity (Wildman–Crippen MR) is 108 cm³/mol. The van der Waals surface area contributed by atoms with Crippen molar-refractivity contribution < 1.29 is 9.32 Å². The summed E-state index contributed by atoms with van der Waals surface area (Å²) in [6.45, 7) is 4.19. The highest BCUT2D eigenvalue weighted by Crippen LogP contribution is 2.27. The van der Waals surface area contributed by atoms with E-state index < -0.39 is 0 Å². The predicted octanol–water partition coefficient (Wildman–Crippen LogP) is 4.89. The van der Waals surface area contributed by atoms with Gasteiger partial charge in [0.25, 0.3) is 0 Å². The minimum atomic E-state index is -0.203. The largest absolute Gasteiger partial charge is 0.346 e. The lowest BCUT2D eigenvalue weighted by Gasteiger charge is -2.13. The van der Waals surface area contributed by atoms with Gasteiger partial charge >= 0.3 is 0 Å². The molecule has 0 aliphatic rings. The van der Waals surface area contributed by atoms with Crippen LogP contribution in [-0.2, 0) is 11.3 Å². The Hall–Kier alpha value is -2.31. The molecule has 2 aromatic carbocycles. The Bertz CT molecular complexity index is 912. The molecule has 0 saturated carbocycles. The van der Waals surface area contributed by atoms with Crippen LogP contribution in [0.4, 0.5) is 0 Å². The molecule has 3 rings (SSSR count). The number of aromatic nitrogens is 2. The Kier molecular flexibility index (Phi) is 6.53. The van der Waals surface area contributed by atoms with Gasteiger partial charge in [0.15, 0.2) is 0 Å². The van der Waals surface area contributed by atoms with Gasteiger partial charge in [-0.3, -0.25) is 4.79 Å². The molecule has 1 heterocycles. The maximum Gasteiger partial charge on any atom is 0.246 e. The van der Waals surface area contributed by atoms with Crippen LogP contribution in [0.1, 0.15) is 24.8 Å². The molecule has 1 aromatic heterocycles. The summed E-state index contributed by atoms with van der Waals surface area (Å²) in [6, 6.07) is 15.3. The first-order chi connectivity index (χ1) is 13.0. The minimum absolute atomic E-state index is 0.0623. The zero-order valence-corrected chi connectivity index (χ0v) is 16.7. The van der Waals surface area contributed by atoms with Gasteiger partial charge in [0.1, 0.15) is 0 Å². The molecule has 5 nitrogen and oxygen atoms in total. The van der Waals surface area contributed by atoms with E-state index in [9.17, 15) is 4.79 Å². The van der Waals surface area contributed by atoms with E-state index in [1.165, 1.54) is 11.8 Å². The third kappa shape index (κ3) is 5.34. The Morgan fingerprint density at radius 1 is 1.26 bits per heavy atom. The topological polar surface area (TPSA) is 68.0 Å². The smallest absolute Gasteiger partial charge is 0.246 e. The van der Waals surface area contributed by atoms with Crippen molar-refractivity contribution in [2.45, 2.75) is 37.0 Å². The van der Waals surface area contributed by atoms with Gasteiger partial charge < -0.3 is 9.84 Å². The molecule has 0 saturated heterocycles. The highest BCUT2D eigenvalue weighted by atomic mass is 35.5. The number of carbonyl (C=O) groups is 1. The zero-order chi connectivity index (χ0) is 19.2. The second kappa shape index (κ2) is 9.06. The van der Waals surface area contributed by atoms with Crippen LogP contribution >= 0.6 is 23.4 Å². The summed E-state index contributed by atoms with van der Waals surface area (Å²) < 4.78 is 5.26. The quantitative estimate of drug-likeness (QED) is 0.571. The fourth-order valence-corrected chi connectivity index (χ4v) is 3.61. The molecule has 0 bridgehead atoms. The molecule has 0 spiro atoms. The van der Waals surface area contributed by atoms with Crippen LogP contribution in [0.15, 0.2) is 57.9 Å². The Labute approximate surface area is 167 Å². The molecular weight excluding hydrogens is 382 g/mol. The molecule has 3 aromatic rings. The highest BCUT2D eigenvalue weighted by molar-refractivity contribution is 8.00. The number of amides is 1. The lowest BCUT2D eigenvalue weighted by molar-refractivity contribution is -0.120. The van der Waals surface area contributed by atoms with E-state index in [0.29, 0.717) is 23.2 Å². The van der Waals surface area contributed by atoms with Gasteiger partial charge in [-0.25, -0.2) is 0 Å². The van der Waals surface area contributed by atoms with Crippen molar-refractivity contribution in [2.75, 3.05) is 0 Å². The molecule has 7 heteroatoms. The number of hydrogen-bond donors (Lipinski definition) is 1. The standard InChI is InChI=1S/C20H20ClN3O2S/c1-3-17(27-16-9-7-15(21)8-10-16)20(25)22-12-18-23-19(24-26-18)14-6-4-5-13(2)11-14/h4-11,17H,3,12H2,1-2H3,(H,22,25)/t17-/m0/s1. The average Bonchev–Trinajstić information content (AvgIpc) is 3.15. The number of hydrogen-bond acceptors (Lipinski definition) is 5. The summed E-state index contributed by atoms with van der Waals surface area (Å²) in [5, 5.41) is 7.34. The molecule has 0 aliphatic heterocycles. The number of thioether (sulfide) groups is 1. The first-order valence-corrected chi connectivity index (χ1v) is 9.90. The monoisotopic (exact) mass is 401 g/mol. The molecule has 0 fully saturated rings. The summed E-state index contributed by atoms with van der Waals surface area (Å²) in [6.07, 6.45) is 0.706. The molecular formula is C20H20ClN3O2S. The van der Waals surface area contributed by atoms with Gasteiger partial charge in [-0.15, -0.1) is 11.8 Å². The van der Waals surface area contributed by atoms with Crippen molar-refractivity contribution in [1.82, 2.24) is 15.5 Å². The van der Waals surface area contributed by atoms with Crippen LogP contribution < -0.4 is 5.32 Å². The summed E-state index contributed by atoms with van der Waals surface area (Å²) in [4.78, 5) is 17.9. The minimum Gasteiger partial charge on any atom is -0.346 e. The molecule has 1 atom stereocenters. The van der Waals surface area contributed by atoms with Gasteiger partial charge in [0.2, 0.25) is 17.6 Å². The second-order valence-corrected chi connectivity index (χ2v) is 7.78. The van der Waals surface area contributed by atoms with E-state index in [1.807, 2.05) is 62.4 Å². The molecule has 1 N–H and O–H groups in total. The Balaban J connectivity index is 1.58. The number of carbonyl (C=O) groups excluding carboxylic acids is 1. The fraction of sp³-hybridized carbons (Fsp3) is 0.250. The van der Waals surface area contributed by atoms with Gasteiger partial charge in [-0.05, 0) is 43.7 Å². The molecule has 27 heavy (non-hydrogen) atoms. The number of benzene rings is 2. The Morgan fingerprint density at radius 2 is 2.04 bits per heavy atom. The first kappa shape index (κ1) is 19.5. The third-order valence-electron chi connectivity index (χ3n) is 3.91. The third-order valence-corrected chi connectivity index (χ3v) is 5.54. The van der Waals surface area contributed by atoms with E-state index in [2.05, 4.69) is 15.5 Å². The van der Waals surface area contributed by atoms with Crippen molar-refractivity contribution in [1.29, 1.82) is 0 Å². The molecule has 0 radical (unpaired) electrons. The SMILES string of the molecule is CC[C@H](Sc1ccc(Cl)cc1)C(=O)NCc1nc(-c2cccc(C)c2)no1. The van der Waals surface area contributed by atoms with E-state index in [0.717, 1.165) is 16.0 Å². The van der Waals surface area contributed by atoms with Gasteiger partial charge in [-0.1, -0.05) is 47.4 Å². The average molecular weight is 402 g/mol. The number of rotatable bonds is 7. The Morgan fingerprint density at radius 3 is 2.74 bits per heavy atom. The summed E-state index contributed by atoms with van der Waals surface area (Å²) >= 11 is 7.41. The van der Waals surface area contributed by atoms with Crippen molar-refractivity contribution in [3.63, 3.8) is 0 Å². The van der Waals surface area contributed by atoms with Crippen LogP contribution in [0.2, 0.25) is 5.02 Å². The maximum atomic E-state index is 12.5. The van der Waals surface area contributed by atoms with Gasteiger partial charge in [-0.2, -0.15) is 4.98 Å². The summed E-state index contributed by atoms with van der Waals surface area (Å²) in [7, 11) is 0. The molecule has 1 amide bonds. The summed E-state index contributed by atoms with van der Waals surface area (Å²) in [5.41, 5.74) is 2.01. The molecule has 0 unspecified atom stereocenters. The molecule has 0 aliphatic carbocycles. The fourth-order valence-electron chi connectivity index (χ4n) is 2.50. The summed E-state index contributed by atoms with van der Waals surface area (Å²) in [5.74, 6) is 0.837. The van der Waals surface area contributed by atoms with Crippen LogP contribution in [0, 0.1) is 6.92 Å². The van der Waals surface area contributed by atoms with Crippen LogP contribution in [-0.4, -0.2) is 21.3 Å². The number of halogens is 1. The van der Waals surface area contributed by atoms with E-state index in [4.69, 9.17) is 16.1 Å². The zero-order valence-electron chi connectivity index (χ0n) is 15.1. The molecule has 140 valence electrons. The maximum absolute atomic E-state index is 12.5. The van der Waals surface area contributed by atoms with Gasteiger partial charge in [0.05, 0.1) is 11.8 Å². The van der Waals surface area contributed by atoms with Crippen molar-refractivity contribution >= 4 is 29.3 Å². The van der Waals surface area contributed by atoms with Crippen LogP contribution in [0.25, 0.3) is 11.4 Å². The number of aryl methyl sites for hydroxylation is 1. The van der Waals surface area contributed by atoms with E-state index in [1.54, 1.807) is 0 Å². The van der Waals surface area contributed by atoms with Crippen LogP contribution in [0.5, 0.6) is 0 Å². The van der Waals surface area contributed by atoms with Crippen molar-refractivity contribution in [3.05, 3.63) is 65.0 Å². The lowest BCUT2D eigenvalue weighted by Crippen LogP contribution is -2.31. The van der Waals surface area contributed by atoms with Crippen LogP contribution in [0.3, 0.4) is 0 Å². The number of nitrogens with zero attached hydrogens (tertiary/aromatic N) is 2. The van der Waals surface area contributed by atoms with Gasteiger partial charge in [0, 0.05) is 15.5 Å². The van der Waals surface area contributed by atoms with E-state index in [-0.39, 0.29) is 17.7 Å². The number of nitrogens with one attached hydrogen (secondary N) is 1. The van der Waals surface area contributed by atoms with Crippen molar-refractivity contribution in [2.24, 2.45) is 0 Å². The normalized spacial score (nSPS) is 12.0. The second-order valence-electron chi connectivity index (χ2n) is 6.07. The highest BCUT2D eigenvalue weighted by Gasteiger charge is 2.19. The lowest BCUT2D eigenvalue weighted by atomic mass is 10.1. The van der Waals surface area contributed by atoms with Crippen molar-refractivity contribution in [3.8, 4) is 11.4 Å². The first-order valence-electron chi connectivity index (χ1n) is 8.64. The van der Waals surface area contributed by atoms with E-state index >= 15 is 0 Å².